The summed E-state index contributed by atoms with van der Waals surface area (Å²) in [4.78, 5) is 35.2. The largest absolute Gasteiger partial charge is 1.00 e. The second-order valence-corrected chi connectivity index (χ2v) is 9.43. The minimum absolute atomic E-state index is 0. The number of carbonyl (C=O) groups is 3. The smallest absolute Gasteiger partial charge is 0.543 e. The maximum Gasteiger partial charge on any atom is 1.00 e. The number of carboxylic acid groups (broad SMARTS) is 1. The second-order valence-electron chi connectivity index (χ2n) is 9.43. The van der Waals surface area contributed by atoms with Crippen molar-refractivity contribution in [3.05, 3.63) is 64.9 Å². The summed E-state index contributed by atoms with van der Waals surface area (Å²) in [6.07, 6.45) is -0.838. The first kappa shape index (κ1) is 28.9. The molecule has 1 fully saturated rings. The van der Waals surface area contributed by atoms with Crippen molar-refractivity contribution in [1.82, 2.24) is 4.90 Å². The molecule has 0 spiro atoms. The summed E-state index contributed by atoms with van der Waals surface area (Å²) in [5, 5.41) is 21.9. The number of rotatable bonds is 5. The third-order valence-electron chi connectivity index (χ3n) is 7.40. The Kier molecular flexibility index (Phi) is 8.90. The van der Waals surface area contributed by atoms with E-state index in [0.717, 1.165) is 11.1 Å². The zero-order chi connectivity index (χ0) is 26.3. The number of carbonyl (C=O) groups excluding carboxylic acids is 3. The number of fused-ring (bicyclic) bond motifs is 4. The Bertz CT molecular complexity index is 1250. The maximum atomic E-state index is 12.5. The number of hydrogen-bond donors (Lipinski definition) is 1. The summed E-state index contributed by atoms with van der Waals surface area (Å²) >= 11 is 0. The molecule has 5 unspecified atom stereocenters. The molecule has 0 saturated carbocycles. The fraction of sp³-hybridized carbons (Fsp3) is 0.393. The summed E-state index contributed by atoms with van der Waals surface area (Å²) in [7, 11) is 1.35. The van der Waals surface area contributed by atoms with E-state index in [-0.39, 0.29) is 71.6 Å². The number of methoxy groups -OCH3 is 1. The van der Waals surface area contributed by atoms with Crippen LogP contribution < -0.4 is 39.4 Å². The number of aliphatic hydroxyl groups is 1. The zero-order valence-electron chi connectivity index (χ0n) is 22.0. The predicted octanol–water partition coefficient (Wildman–Crippen LogP) is -0.758. The fourth-order valence-electron chi connectivity index (χ4n) is 5.57. The van der Waals surface area contributed by atoms with Crippen molar-refractivity contribution < 1.29 is 63.6 Å². The van der Waals surface area contributed by atoms with Gasteiger partial charge in [0.2, 0.25) is 5.91 Å². The van der Waals surface area contributed by atoms with Crippen LogP contribution in [0.2, 0.25) is 0 Å². The van der Waals surface area contributed by atoms with Gasteiger partial charge in [-0.1, -0.05) is 50.2 Å². The van der Waals surface area contributed by atoms with Crippen LogP contribution in [0.15, 0.2) is 53.7 Å². The van der Waals surface area contributed by atoms with Gasteiger partial charge >= 0.3 is 35.5 Å². The molecule has 2 heterocycles. The van der Waals surface area contributed by atoms with Crippen molar-refractivity contribution in [2.24, 2.45) is 11.8 Å². The summed E-state index contributed by atoms with van der Waals surface area (Å²) in [5.41, 5.74) is 5.00. The normalized spacial score (nSPS) is 23.4. The number of hydrogen-bond acceptors (Lipinski definition) is 7. The van der Waals surface area contributed by atoms with Gasteiger partial charge < -0.3 is 29.4 Å². The quantitative estimate of drug-likeness (QED) is 0.316. The van der Waals surface area contributed by atoms with Gasteiger partial charge in [-0.15, -0.1) is 0 Å². The molecule has 8 nitrogen and oxygen atoms in total. The van der Waals surface area contributed by atoms with Gasteiger partial charge in [-0.05, 0) is 35.3 Å². The Morgan fingerprint density at radius 2 is 1.73 bits per heavy atom. The van der Waals surface area contributed by atoms with E-state index in [0.29, 0.717) is 11.3 Å². The van der Waals surface area contributed by atoms with Crippen LogP contribution in [0.1, 0.15) is 44.7 Å². The van der Waals surface area contributed by atoms with E-state index in [1.54, 1.807) is 6.92 Å². The number of β-lactam (4-membered cyclic amide) rings is 1. The Morgan fingerprint density at radius 3 is 2.32 bits per heavy atom. The van der Waals surface area contributed by atoms with Gasteiger partial charge in [-0.3, -0.25) is 9.59 Å². The van der Waals surface area contributed by atoms with Crippen LogP contribution in [-0.2, 0) is 19.1 Å². The van der Waals surface area contributed by atoms with Crippen molar-refractivity contribution in [1.29, 1.82) is 0 Å². The van der Waals surface area contributed by atoms with Gasteiger partial charge in [0, 0.05) is 24.3 Å². The Morgan fingerprint density at radius 1 is 1.11 bits per heavy atom. The molecule has 1 amide bonds. The number of nitrogens with zero attached hydrogens (tertiary/aromatic N) is 1. The molecule has 3 aliphatic rings. The van der Waals surface area contributed by atoms with Crippen molar-refractivity contribution in [3.63, 3.8) is 0 Å². The van der Waals surface area contributed by atoms with E-state index in [1.807, 2.05) is 31.2 Å². The predicted molar refractivity (Wildman–Crippen MR) is 130 cm³/mol. The van der Waals surface area contributed by atoms with E-state index in [9.17, 15) is 24.6 Å². The molecular formula is C28H30NNaO7. The van der Waals surface area contributed by atoms with E-state index < -0.39 is 18.0 Å². The number of aliphatic carboxylic acids is 1. The first-order valence-corrected chi connectivity index (χ1v) is 11.9. The van der Waals surface area contributed by atoms with Crippen molar-refractivity contribution >= 4 is 17.8 Å². The number of esters is 1. The summed E-state index contributed by atoms with van der Waals surface area (Å²) < 4.78 is 10.3. The molecule has 2 aromatic carbocycles. The molecular weight excluding hydrogens is 485 g/mol. The number of aliphatic hydroxyl groups excluding tert-OH is 1. The second kappa shape index (κ2) is 11.4. The SMILES string of the molecule is CC1c2ccccc2-c2c(OCC3=C(C(=O)[O-])N4C(=O)C(C(C)O)C4C3C)cccc21.COC(C)=O.[Na+]. The molecule has 1 aliphatic carbocycles. The van der Waals surface area contributed by atoms with Gasteiger partial charge in [-0.2, -0.15) is 0 Å². The van der Waals surface area contributed by atoms with Crippen molar-refractivity contribution in [3.8, 4) is 16.9 Å². The summed E-state index contributed by atoms with van der Waals surface area (Å²) in [6.45, 7) is 7.01. The molecule has 37 heavy (non-hydrogen) atoms. The molecule has 2 aliphatic heterocycles. The van der Waals surface area contributed by atoms with Crippen LogP contribution in [0.3, 0.4) is 0 Å². The Balaban J connectivity index is 0.000000581. The van der Waals surface area contributed by atoms with Crippen LogP contribution >= 0.6 is 0 Å². The summed E-state index contributed by atoms with van der Waals surface area (Å²) in [5.74, 6) is -1.90. The van der Waals surface area contributed by atoms with Gasteiger partial charge in [0.25, 0.3) is 0 Å². The fourth-order valence-corrected chi connectivity index (χ4v) is 5.57. The molecule has 0 aromatic heterocycles. The van der Waals surface area contributed by atoms with Crippen LogP contribution in [0.4, 0.5) is 0 Å². The Hall–Kier alpha value is -2.65. The average molecular weight is 516 g/mol. The van der Waals surface area contributed by atoms with Crippen LogP contribution in [0.25, 0.3) is 11.1 Å². The monoisotopic (exact) mass is 515 g/mol. The maximum absolute atomic E-state index is 12.5. The molecule has 9 heteroatoms. The number of amides is 1. The van der Waals surface area contributed by atoms with Gasteiger partial charge in [0.05, 0.1) is 36.8 Å². The zero-order valence-corrected chi connectivity index (χ0v) is 24.0. The van der Waals surface area contributed by atoms with E-state index in [2.05, 4.69) is 29.9 Å². The van der Waals surface area contributed by atoms with Crippen molar-refractivity contribution in [2.45, 2.75) is 45.8 Å². The topological polar surface area (TPSA) is 116 Å². The van der Waals surface area contributed by atoms with Crippen molar-refractivity contribution in [2.75, 3.05) is 13.7 Å². The van der Waals surface area contributed by atoms with Crippen LogP contribution in [0, 0.1) is 11.8 Å². The molecule has 190 valence electrons. The van der Waals surface area contributed by atoms with Crippen LogP contribution in [-0.4, -0.2) is 53.7 Å². The third kappa shape index (κ3) is 4.95. The van der Waals surface area contributed by atoms with Crippen LogP contribution in [0.5, 0.6) is 5.75 Å². The van der Waals surface area contributed by atoms with Gasteiger partial charge in [0.1, 0.15) is 12.4 Å². The molecule has 1 saturated heterocycles. The molecule has 5 rings (SSSR count). The third-order valence-corrected chi connectivity index (χ3v) is 7.40. The standard InChI is InChI=1S/C25H25NO5.C3H6O2.Na/c1-12-15-7-4-5-8-17(15)21-16(12)9-6-10-19(21)31-11-18-13(2)22-20(14(3)27)24(28)26(22)23(18)25(29)30;1-3(4)5-2;/h4-10,12-14,20,22,27H,11H2,1-3H3,(H,29,30);1-2H3;/q;;+1/p-1. The van der Waals surface area contributed by atoms with E-state index >= 15 is 0 Å². The van der Waals surface area contributed by atoms with Gasteiger partial charge in [0.15, 0.2) is 0 Å². The number of ether oxygens (including phenoxy) is 2. The summed E-state index contributed by atoms with van der Waals surface area (Å²) in [6, 6.07) is 13.8. The molecule has 0 bridgehead atoms. The van der Waals surface area contributed by atoms with E-state index in [4.69, 9.17) is 4.74 Å². The first-order chi connectivity index (χ1) is 17.1. The first-order valence-electron chi connectivity index (χ1n) is 11.9. The average Bonchev–Trinajstić information content (AvgIpc) is 3.27. The number of benzene rings is 2. The van der Waals surface area contributed by atoms with E-state index in [1.165, 1.54) is 30.1 Å². The minimum atomic E-state index is -1.39. The van der Waals surface area contributed by atoms with Gasteiger partial charge in [-0.25, -0.2) is 0 Å². The molecule has 0 radical (unpaired) electrons. The molecule has 1 N–H and O–H groups in total. The number of carboxylic acids is 1. The minimum Gasteiger partial charge on any atom is -0.543 e. The Labute approximate surface area is 238 Å². The molecule has 2 aromatic rings. The molecule has 5 atom stereocenters.